The number of hydrogen-bond donors (Lipinski definition) is 1. The maximum absolute atomic E-state index is 12.1. The molecule has 0 radical (unpaired) electrons. The highest BCUT2D eigenvalue weighted by Crippen LogP contribution is 2.26. The second kappa shape index (κ2) is 7.81. The van der Waals surface area contributed by atoms with Gasteiger partial charge in [0.25, 0.3) is 5.69 Å². The van der Waals surface area contributed by atoms with Gasteiger partial charge in [0.15, 0.2) is 0 Å². The Morgan fingerprint density at radius 1 is 1.21 bits per heavy atom. The first kappa shape index (κ1) is 19.6. The van der Waals surface area contributed by atoms with Crippen LogP contribution in [0.1, 0.15) is 17.5 Å². The largest absolute Gasteiger partial charge is 0.322 e. The van der Waals surface area contributed by atoms with Gasteiger partial charge in [0.05, 0.1) is 27.6 Å². The number of nitro groups is 1. The molecule has 2 aromatic carbocycles. The molecule has 146 valence electrons. The van der Waals surface area contributed by atoms with Crippen LogP contribution in [0.25, 0.3) is 6.08 Å². The van der Waals surface area contributed by atoms with Crippen molar-refractivity contribution in [2.24, 2.45) is 0 Å². The van der Waals surface area contributed by atoms with Gasteiger partial charge in [0.1, 0.15) is 0 Å². The van der Waals surface area contributed by atoms with Crippen LogP contribution in [0.2, 0.25) is 0 Å². The summed E-state index contributed by atoms with van der Waals surface area (Å²) in [5.41, 5.74) is 2.02. The van der Waals surface area contributed by atoms with Crippen molar-refractivity contribution in [2.45, 2.75) is 13.3 Å². The Morgan fingerprint density at radius 2 is 1.93 bits per heavy atom. The number of sulfonamides is 1. The standard InChI is InChI=1S/C19H19N3O5S/c1-14-17(4-2-5-18(14)22(24)25)20-19(23)11-8-15-6-9-16(10-7-15)21-12-3-13-28(21,26)27/h2,4-11H,3,12-13H2,1H3,(H,20,23)/b11-8+. The maximum atomic E-state index is 12.1. The Balaban J connectivity index is 1.68. The predicted octanol–water partition coefficient (Wildman–Crippen LogP) is 3.10. The number of carbonyl (C=O) groups is 1. The van der Waals surface area contributed by atoms with Gasteiger partial charge < -0.3 is 5.32 Å². The summed E-state index contributed by atoms with van der Waals surface area (Å²) in [6, 6.07) is 11.3. The minimum Gasteiger partial charge on any atom is -0.322 e. The summed E-state index contributed by atoms with van der Waals surface area (Å²) in [5.74, 6) is -0.263. The summed E-state index contributed by atoms with van der Waals surface area (Å²) >= 11 is 0. The zero-order valence-corrected chi connectivity index (χ0v) is 16.0. The predicted molar refractivity (Wildman–Crippen MR) is 108 cm³/mol. The van der Waals surface area contributed by atoms with Crippen molar-refractivity contribution in [3.63, 3.8) is 0 Å². The fourth-order valence-corrected chi connectivity index (χ4v) is 4.55. The van der Waals surface area contributed by atoms with E-state index in [1.165, 1.54) is 22.5 Å². The molecule has 2 aromatic rings. The zero-order valence-electron chi connectivity index (χ0n) is 15.2. The molecule has 0 unspecified atom stereocenters. The van der Waals surface area contributed by atoms with E-state index in [1.54, 1.807) is 43.3 Å². The number of nitro benzene ring substituents is 1. The number of nitrogens with zero attached hydrogens (tertiary/aromatic N) is 2. The molecule has 0 saturated carbocycles. The van der Waals surface area contributed by atoms with Gasteiger partial charge >= 0.3 is 0 Å². The number of amides is 1. The van der Waals surface area contributed by atoms with Gasteiger partial charge in [-0.15, -0.1) is 0 Å². The van der Waals surface area contributed by atoms with Crippen molar-refractivity contribution < 1.29 is 18.1 Å². The van der Waals surface area contributed by atoms with Crippen LogP contribution in [0.5, 0.6) is 0 Å². The van der Waals surface area contributed by atoms with Gasteiger partial charge in [-0.2, -0.15) is 0 Å². The average Bonchev–Trinajstić information content (AvgIpc) is 3.01. The number of carbonyl (C=O) groups excluding carboxylic acids is 1. The molecule has 3 rings (SSSR count). The van der Waals surface area contributed by atoms with Crippen molar-refractivity contribution in [2.75, 3.05) is 21.9 Å². The summed E-state index contributed by atoms with van der Waals surface area (Å²) in [7, 11) is -3.22. The first-order valence-corrected chi connectivity index (χ1v) is 10.2. The second-order valence-corrected chi connectivity index (χ2v) is 8.38. The molecule has 0 atom stereocenters. The molecule has 1 aliphatic rings. The Hall–Kier alpha value is -3.20. The van der Waals surface area contributed by atoms with Gasteiger partial charge in [0, 0.05) is 18.7 Å². The van der Waals surface area contributed by atoms with Crippen LogP contribution in [0.3, 0.4) is 0 Å². The molecule has 1 aliphatic heterocycles. The lowest BCUT2D eigenvalue weighted by Gasteiger charge is -2.16. The monoisotopic (exact) mass is 401 g/mol. The van der Waals surface area contributed by atoms with Gasteiger partial charge in [-0.3, -0.25) is 19.2 Å². The molecular weight excluding hydrogens is 382 g/mol. The van der Waals surface area contributed by atoms with E-state index in [-0.39, 0.29) is 11.4 Å². The van der Waals surface area contributed by atoms with Crippen LogP contribution in [-0.2, 0) is 14.8 Å². The molecule has 0 aromatic heterocycles. The average molecular weight is 401 g/mol. The zero-order chi connectivity index (χ0) is 20.3. The fraction of sp³-hybridized carbons (Fsp3) is 0.211. The lowest BCUT2D eigenvalue weighted by molar-refractivity contribution is -0.385. The molecule has 1 N–H and O–H groups in total. The minimum atomic E-state index is -3.22. The fourth-order valence-electron chi connectivity index (χ4n) is 2.98. The topological polar surface area (TPSA) is 110 Å². The van der Waals surface area contributed by atoms with Gasteiger partial charge in [-0.1, -0.05) is 18.2 Å². The molecule has 28 heavy (non-hydrogen) atoms. The molecule has 8 nitrogen and oxygen atoms in total. The van der Waals surface area contributed by atoms with E-state index >= 15 is 0 Å². The minimum absolute atomic E-state index is 0.0609. The highest BCUT2D eigenvalue weighted by molar-refractivity contribution is 7.93. The molecule has 1 amide bonds. The van der Waals surface area contributed by atoms with Gasteiger partial charge in [-0.25, -0.2) is 8.42 Å². The van der Waals surface area contributed by atoms with E-state index in [9.17, 15) is 23.3 Å². The number of anilines is 2. The third kappa shape index (κ3) is 4.20. The van der Waals surface area contributed by atoms with Crippen LogP contribution in [-0.4, -0.2) is 31.5 Å². The van der Waals surface area contributed by atoms with E-state index in [4.69, 9.17) is 0 Å². The number of nitrogens with one attached hydrogen (secondary N) is 1. The van der Waals surface area contributed by atoms with Crippen molar-refractivity contribution in [1.82, 2.24) is 0 Å². The van der Waals surface area contributed by atoms with Crippen LogP contribution in [0.4, 0.5) is 17.1 Å². The summed E-state index contributed by atoms with van der Waals surface area (Å²) in [5, 5.41) is 13.6. The second-order valence-electron chi connectivity index (χ2n) is 6.36. The van der Waals surface area contributed by atoms with E-state index in [2.05, 4.69) is 5.32 Å². The maximum Gasteiger partial charge on any atom is 0.274 e. The number of benzene rings is 2. The first-order chi connectivity index (χ1) is 13.3. The lowest BCUT2D eigenvalue weighted by Crippen LogP contribution is -2.24. The van der Waals surface area contributed by atoms with Crippen molar-refractivity contribution in [3.8, 4) is 0 Å². The van der Waals surface area contributed by atoms with Crippen LogP contribution in [0, 0.1) is 17.0 Å². The van der Waals surface area contributed by atoms with Crippen LogP contribution in [0.15, 0.2) is 48.5 Å². The van der Waals surface area contributed by atoms with Crippen molar-refractivity contribution in [1.29, 1.82) is 0 Å². The van der Waals surface area contributed by atoms with Crippen LogP contribution >= 0.6 is 0 Å². The summed E-state index contributed by atoms with van der Waals surface area (Å²) in [4.78, 5) is 22.6. The molecular formula is C19H19N3O5S. The summed E-state index contributed by atoms with van der Waals surface area (Å²) < 4.78 is 25.3. The van der Waals surface area contributed by atoms with E-state index in [1.807, 2.05) is 0 Å². The van der Waals surface area contributed by atoms with Gasteiger partial charge in [0.2, 0.25) is 15.9 Å². The molecule has 9 heteroatoms. The molecule has 1 saturated heterocycles. The van der Waals surface area contributed by atoms with E-state index in [0.717, 1.165) is 5.56 Å². The third-order valence-corrected chi connectivity index (χ3v) is 6.34. The molecule has 0 aliphatic carbocycles. The summed E-state index contributed by atoms with van der Waals surface area (Å²) in [6.45, 7) is 2.05. The number of hydrogen-bond acceptors (Lipinski definition) is 5. The molecule has 1 fully saturated rings. The smallest absolute Gasteiger partial charge is 0.274 e. The van der Waals surface area contributed by atoms with E-state index in [0.29, 0.717) is 29.9 Å². The Bertz CT molecular complexity index is 1050. The molecule has 0 spiro atoms. The quantitative estimate of drug-likeness (QED) is 0.470. The van der Waals surface area contributed by atoms with Crippen molar-refractivity contribution in [3.05, 3.63) is 69.8 Å². The summed E-state index contributed by atoms with van der Waals surface area (Å²) in [6.07, 6.45) is 3.52. The van der Waals surface area contributed by atoms with Gasteiger partial charge in [-0.05, 0) is 43.2 Å². The Kier molecular flexibility index (Phi) is 5.46. The Morgan fingerprint density at radius 3 is 2.54 bits per heavy atom. The van der Waals surface area contributed by atoms with Crippen LogP contribution < -0.4 is 9.62 Å². The van der Waals surface area contributed by atoms with E-state index < -0.39 is 20.9 Å². The molecule has 0 bridgehead atoms. The first-order valence-electron chi connectivity index (χ1n) is 8.61. The SMILES string of the molecule is Cc1c(NC(=O)/C=C/c2ccc(N3CCCS3(=O)=O)cc2)cccc1[N+](=O)[O-]. The lowest BCUT2D eigenvalue weighted by atomic mass is 10.1. The Labute approximate surface area is 162 Å². The highest BCUT2D eigenvalue weighted by Gasteiger charge is 2.28. The third-order valence-electron chi connectivity index (χ3n) is 4.47. The highest BCUT2D eigenvalue weighted by atomic mass is 32.2. The number of rotatable bonds is 5. The molecule has 1 heterocycles. The van der Waals surface area contributed by atoms with Crippen molar-refractivity contribution >= 4 is 39.1 Å². The normalized spacial score (nSPS) is 15.7.